The Morgan fingerprint density at radius 3 is 1.43 bits per heavy atom. The van der Waals surface area contributed by atoms with Gasteiger partial charge < -0.3 is 20.1 Å². The van der Waals surface area contributed by atoms with Gasteiger partial charge in [-0.25, -0.2) is 0 Å². The summed E-state index contributed by atoms with van der Waals surface area (Å²) in [6.45, 7) is 1.02. The highest BCUT2D eigenvalue weighted by Crippen LogP contribution is 2.05. The van der Waals surface area contributed by atoms with Crippen LogP contribution in [0.2, 0.25) is 0 Å². The monoisotopic (exact) mass is 410 g/mol. The summed E-state index contributed by atoms with van der Waals surface area (Å²) in [6.07, 6.45) is 4.96. The molecule has 0 heterocycles. The third-order valence-electron chi connectivity index (χ3n) is 4.67. The molecule has 0 amide bonds. The van der Waals surface area contributed by atoms with Crippen molar-refractivity contribution in [3.8, 4) is 0 Å². The molecule has 0 aliphatic heterocycles. The van der Waals surface area contributed by atoms with Crippen molar-refractivity contribution in [3.05, 3.63) is 83.9 Å². The summed E-state index contributed by atoms with van der Waals surface area (Å²) < 4.78 is 9.80. The van der Waals surface area contributed by atoms with Gasteiger partial charge in [-0.3, -0.25) is 9.59 Å². The van der Waals surface area contributed by atoms with Gasteiger partial charge in [-0.2, -0.15) is 0 Å². The highest BCUT2D eigenvalue weighted by atomic mass is 16.5. The van der Waals surface area contributed by atoms with E-state index in [9.17, 15) is 9.59 Å². The largest absolute Gasteiger partial charge is 0.468 e. The predicted octanol–water partition coefficient (Wildman–Crippen LogP) is 2.29. The molecule has 2 atom stereocenters. The first-order valence-corrected chi connectivity index (χ1v) is 9.99. The van der Waals surface area contributed by atoms with Crippen molar-refractivity contribution in [1.29, 1.82) is 0 Å². The predicted molar refractivity (Wildman–Crippen MR) is 117 cm³/mol. The molecular weight excluding hydrogens is 380 g/mol. The minimum Gasteiger partial charge on any atom is -0.468 e. The van der Waals surface area contributed by atoms with Crippen molar-refractivity contribution >= 4 is 11.9 Å². The molecule has 30 heavy (non-hydrogen) atoms. The first-order valence-electron chi connectivity index (χ1n) is 9.99. The van der Waals surface area contributed by atoms with Crippen LogP contribution < -0.4 is 10.6 Å². The van der Waals surface area contributed by atoms with Gasteiger partial charge in [-0.15, -0.1) is 0 Å². The van der Waals surface area contributed by atoms with Crippen molar-refractivity contribution in [1.82, 2.24) is 10.6 Å². The number of carbonyl (C=O) groups excluding carboxylic acids is 2. The summed E-state index contributed by atoms with van der Waals surface area (Å²) in [4.78, 5) is 24.1. The van der Waals surface area contributed by atoms with Crippen LogP contribution in [0.4, 0.5) is 0 Å². The topological polar surface area (TPSA) is 76.7 Å². The third kappa shape index (κ3) is 8.19. The first kappa shape index (κ1) is 23.3. The summed E-state index contributed by atoms with van der Waals surface area (Å²) in [5.41, 5.74) is 2.13. The number of esters is 2. The summed E-state index contributed by atoms with van der Waals surface area (Å²) in [5, 5.41) is 6.40. The van der Waals surface area contributed by atoms with E-state index in [4.69, 9.17) is 9.47 Å². The van der Waals surface area contributed by atoms with E-state index >= 15 is 0 Å². The zero-order valence-electron chi connectivity index (χ0n) is 17.5. The second-order valence-electron chi connectivity index (χ2n) is 6.82. The van der Waals surface area contributed by atoms with Gasteiger partial charge in [0.25, 0.3) is 0 Å². The summed E-state index contributed by atoms with van der Waals surface area (Å²) >= 11 is 0. The molecule has 2 aromatic rings. The number of rotatable bonds is 12. The number of carbonyl (C=O) groups is 2. The Kier molecular flexibility index (Phi) is 10.3. The van der Waals surface area contributed by atoms with E-state index in [-0.39, 0.29) is 11.9 Å². The maximum absolute atomic E-state index is 12.0. The number of hydrogen-bond acceptors (Lipinski definition) is 6. The Hall–Kier alpha value is -2.96. The zero-order chi connectivity index (χ0) is 21.6. The Balaban J connectivity index is 1.81. The molecule has 0 aliphatic carbocycles. The van der Waals surface area contributed by atoms with Crippen molar-refractivity contribution in [3.63, 3.8) is 0 Å². The molecule has 2 rings (SSSR count). The minimum atomic E-state index is -0.420. The van der Waals surface area contributed by atoms with Crippen LogP contribution >= 0.6 is 0 Å². The second-order valence-corrected chi connectivity index (χ2v) is 6.82. The van der Waals surface area contributed by atoms with Crippen LogP contribution in [0.1, 0.15) is 11.1 Å². The van der Waals surface area contributed by atoms with Crippen LogP contribution in [0.25, 0.3) is 0 Å². The van der Waals surface area contributed by atoms with E-state index in [0.29, 0.717) is 25.9 Å². The fourth-order valence-electron chi connectivity index (χ4n) is 3.05. The summed E-state index contributed by atoms with van der Waals surface area (Å²) in [6, 6.07) is 18.8. The molecular formula is C24H30N2O4. The van der Waals surface area contributed by atoms with E-state index in [2.05, 4.69) is 10.6 Å². The van der Waals surface area contributed by atoms with E-state index < -0.39 is 12.1 Å². The number of benzene rings is 2. The molecule has 0 bridgehead atoms. The van der Waals surface area contributed by atoms with Gasteiger partial charge in [0.15, 0.2) is 0 Å². The molecule has 2 aromatic carbocycles. The first-order chi connectivity index (χ1) is 14.6. The van der Waals surface area contributed by atoms with E-state index in [1.165, 1.54) is 14.2 Å². The molecule has 0 aromatic heterocycles. The molecule has 160 valence electrons. The lowest BCUT2D eigenvalue weighted by Gasteiger charge is -2.16. The van der Waals surface area contributed by atoms with Crippen LogP contribution in [-0.4, -0.2) is 51.3 Å². The average Bonchev–Trinajstić information content (AvgIpc) is 2.79. The number of hydrogen-bond donors (Lipinski definition) is 2. The van der Waals surface area contributed by atoms with Crippen LogP contribution in [0.3, 0.4) is 0 Å². The maximum Gasteiger partial charge on any atom is 0.323 e. The normalized spacial score (nSPS) is 13.0. The molecule has 0 unspecified atom stereocenters. The molecule has 0 saturated carbocycles. The molecule has 6 heteroatoms. The molecule has 0 fully saturated rings. The van der Waals surface area contributed by atoms with Gasteiger partial charge in [-0.1, -0.05) is 72.8 Å². The molecule has 0 radical (unpaired) electrons. The summed E-state index contributed by atoms with van der Waals surface area (Å²) in [7, 11) is 2.78. The van der Waals surface area contributed by atoms with Gasteiger partial charge in [-0.05, 0) is 24.0 Å². The molecule has 2 N–H and O–H groups in total. The SMILES string of the molecule is COC(=O)[C@H](Cc1ccccc1)NC/C=C/CN[C@@H](Cc1ccccc1)C(=O)OC. The highest BCUT2D eigenvalue weighted by molar-refractivity contribution is 5.76. The van der Waals surface area contributed by atoms with Gasteiger partial charge >= 0.3 is 11.9 Å². The minimum absolute atomic E-state index is 0.293. The van der Waals surface area contributed by atoms with E-state index in [0.717, 1.165) is 11.1 Å². The smallest absolute Gasteiger partial charge is 0.323 e. The van der Waals surface area contributed by atoms with Gasteiger partial charge in [0, 0.05) is 13.1 Å². The maximum atomic E-state index is 12.0. The molecule has 6 nitrogen and oxygen atoms in total. The van der Waals surface area contributed by atoms with Gasteiger partial charge in [0.05, 0.1) is 14.2 Å². The number of nitrogens with one attached hydrogen (secondary N) is 2. The number of ether oxygens (including phenoxy) is 2. The Morgan fingerprint density at radius 2 is 1.10 bits per heavy atom. The number of methoxy groups -OCH3 is 2. The van der Waals surface area contributed by atoms with Gasteiger partial charge in [0.1, 0.15) is 12.1 Å². The van der Waals surface area contributed by atoms with Crippen molar-refractivity contribution in [2.24, 2.45) is 0 Å². The quantitative estimate of drug-likeness (QED) is 0.413. The van der Waals surface area contributed by atoms with Gasteiger partial charge in [0.2, 0.25) is 0 Å². The molecule has 0 aliphatic rings. The Labute approximate surface area is 178 Å². The Morgan fingerprint density at radius 1 is 0.733 bits per heavy atom. The van der Waals surface area contributed by atoms with Crippen molar-refractivity contribution in [2.75, 3.05) is 27.3 Å². The fraction of sp³-hybridized carbons (Fsp3) is 0.333. The lowest BCUT2D eigenvalue weighted by Crippen LogP contribution is -2.40. The van der Waals surface area contributed by atoms with Crippen molar-refractivity contribution in [2.45, 2.75) is 24.9 Å². The Bertz CT molecular complexity index is 726. The summed E-state index contributed by atoms with van der Waals surface area (Å²) in [5.74, 6) is -0.585. The highest BCUT2D eigenvalue weighted by Gasteiger charge is 2.19. The van der Waals surface area contributed by atoms with Crippen LogP contribution in [-0.2, 0) is 31.9 Å². The lowest BCUT2D eigenvalue weighted by atomic mass is 10.1. The standard InChI is InChI=1S/C24H30N2O4/c1-29-23(27)21(17-19-11-5-3-6-12-19)25-15-9-10-16-26-22(24(28)30-2)18-20-13-7-4-8-14-20/h3-14,21-22,25-26H,15-18H2,1-2H3/b10-9+/t21-,22-/m0/s1. The molecule has 0 spiro atoms. The second kappa shape index (κ2) is 13.3. The average molecular weight is 411 g/mol. The van der Waals surface area contributed by atoms with E-state index in [1.54, 1.807) is 0 Å². The van der Waals surface area contributed by atoms with Crippen LogP contribution in [0.15, 0.2) is 72.8 Å². The molecule has 0 saturated heterocycles. The van der Waals surface area contributed by atoms with Crippen molar-refractivity contribution < 1.29 is 19.1 Å². The van der Waals surface area contributed by atoms with Crippen LogP contribution in [0, 0.1) is 0 Å². The van der Waals surface area contributed by atoms with E-state index in [1.807, 2.05) is 72.8 Å². The fourth-order valence-corrected chi connectivity index (χ4v) is 3.05. The van der Waals surface area contributed by atoms with Crippen LogP contribution in [0.5, 0.6) is 0 Å². The lowest BCUT2D eigenvalue weighted by molar-refractivity contribution is -0.143. The zero-order valence-corrected chi connectivity index (χ0v) is 17.5. The third-order valence-corrected chi connectivity index (χ3v) is 4.67.